The third-order valence-electron chi connectivity index (χ3n) is 4.35. The first kappa shape index (κ1) is 18.7. The number of hydrogen-bond donors (Lipinski definition) is 1. The number of methoxy groups -OCH3 is 1. The van der Waals surface area contributed by atoms with Gasteiger partial charge in [0.1, 0.15) is 5.75 Å². The average molecular weight is 354 g/mol. The Bertz CT molecular complexity index is 682. The van der Waals surface area contributed by atoms with Crippen molar-refractivity contribution in [3.63, 3.8) is 0 Å². The lowest BCUT2D eigenvalue weighted by Gasteiger charge is -2.26. The molecule has 0 radical (unpaired) electrons. The molecule has 0 atom stereocenters. The van der Waals surface area contributed by atoms with E-state index in [2.05, 4.69) is 5.32 Å². The molecule has 134 valence electrons. The van der Waals surface area contributed by atoms with E-state index in [1.54, 1.807) is 13.2 Å². The first-order chi connectivity index (χ1) is 11.3. The maximum absolute atomic E-state index is 12.3. The zero-order chi connectivity index (χ0) is 17.7. The zero-order valence-corrected chi connectivity index (χ0v) is 15.4. The predicted molar refractivity (Wildman–Crippen MR) is 94.8 cm³/mol. The summed E-state index contributed by atoms with van der Waals surface area (Å²) in [6, 6.07) is 5.56. The van der Waals surface area contributed by atoms with Crippen LogP contribution in [0.5, 0.6) is 5.75 Å². The van der Waals surface area contributed by atoms with Gasteiger partial charge in [0.25, 0.3) is 0 Å². The number of ether oxygens (including phenoxy) is 1. The van der Waals surface area contributed by atoms with Gasteiger partial charge >= 0.3 is 0 Å². The first-order valence-electron chi connectivity index (χ1n) is 8.22. The van der Waals surface area contributed by atoms with Crippen molar-refractivity contribution in [2.24, 2.45) is 0 Å². The highest BCUT2D eigenvalue weighted by Gasteiger charge is 2.29. The number of aryl methyl sites for hydroxylation is 1. The zero-order valence-electron chi connectivity index (χ0n) is 14.5. The molecule has 1 amide bonds. The summed E-state index contributed by atoms with van der Waals surface area (Å²) >= 11 is 0. The Balaban J connectivity index is 2.00. The van der Waals surface area contributed by atoms with Gasteiger partial charge in [0, 0.05) is 19.0 Å². The molecule has 1 N–H and O–H groups in total. The Morgan fingerprint density at radius 2 is 2.00 bits per heavy atom. The Kier molecular flexibility index (Phi) is 6.23. The van der Waals surface area contributed by atoms with Gasteiger partial charge in [-0.1, -0.05) is 18.9 Å². The number of sulfonamides is 1. The SMILES string of the molecule is COc1ccc(C)cc1NC(=O)CCN(C1CCCC1)S(C)(=O)=O. The normalized spacial score (nSPS) is 15.7. The lowest BCUT2D eigenvalue weighted by atomic mass is 10.2. The van der Waals surface area contributed by atoms with Gasteiger partial charge in [-0.2, -0.15) is 4.31 Å². The highest BCUT2D eigenvalue weighted by Crippen LogP contribution is 2.27. The van der Waals surface area contributed by atoms with Crippen LogP contribution in [0.15, 0.2) is 18.2 Å². The fraction of sp³-hybridized carbons (Fsp3) is 0.588. The largest absolute Gasteiger partial charge is 0.495 e. The number of carbonyl (C=O) groups excluding carboxylic acids is 1. The van der Waals surface area contributed by atoms with Crippen molar-refractivity contribution < 1.29 is 17.9 Å². The molecule has 24 heavy (non-hydrogen) atoms. The minimum Gasteiger partial charge on any atom is -0.495 e. The van der Waals surface area contributed by atoms with Crippen LogP contribution in [0.4, 0.5) is 5.69 Å². The maximum atomic E-state index is 12.3. The molecule has 0 spiro atoms. The van der Waals surface area contributed by atoms with E-state index < -0.39 is 10.0 Å². The van der Waals surface area contributed by atoms with Gasteiger partial charge in [0.2, 0.25) is 15.9 Å². The molecule has 6 nitrogen and oxygen atoms in total. The van der Waals surface area contributed by atoms with E-state index in [1.165, 1.54) is 10.6 Å². The predicted octanol–water partition coefficient (Wildman–Crippen LogP) is 2.54. The molecule has 2 rings (SSSR count). The van der Waals surface area contributed by atoms with E-state index in [0.717, 1.165) is 31.2 Å². The second kappa shape index (κ2) is 7.98. The second-order valence-electron chi connectivity index (χ2n) is 6.31. The van der Waals surface area contributed by atoms with E-state index in [-0.39, 0.29) is 24.9 Å². The van der Waals surface area contributed by atoms with Crippen LogP contribution in [0.1, 0.15) is 37.7 Å². The molecule has 1 saturated carbocycles. The van der Waals surface area contributed by atoms with Gasteiger partial charge in [-0.25, -0.2) is 8.42 Å². The van der Waals surface area contributed by atoms with Crippen molar-refractivity contribution in [2.45, 2.75) is 45.1 Å². The molecule has 1 aromatic carbocycles. The summed E-state index contributed by atoms with van der Waals surface area (Å²) in [7, 11) is -1.76. The summed E-state index contributed by atoms with van der Waals surface area (Å²) < 4.78 is 30.7. The summed E-state index contributed by atoms with van der Waals surface area (Å²) in [6.45, 7) is 2.14. The van der Waals surface area contributed by atoms with Crippen LogP contribution in [0.3, 0.4) is 0 Å². The molecule has 1 aliphatic carbocycles. The lowest BCUT2D eigenvalue weighted by Crippen LogP contribution is -2.39. The van der Waals surface area contributed by atoms with Crippen LogP contribution >= 0.6 is 0 Å². The van der Waals surface area contributed by atoms with Crippen LogP contribution in [0.25, 0.3) is 0 Å². The van der Waals surface area contributed by atoms with Crippen LogP contribution in [-0.2, 0) is 14.8 Å². The Labute approximate surface area is 144 Å². The number of benzene rings is 1. The third kappa shape index (κ3) is 4.95. The smallest absolute Gasteiger partial charge is 0.225 e. The van der Waals surface area contributed by atoms with Gasteiger partial charge < -0.3 is 10.1 Å². The molecule has 0 heterocycles. The minimum atomic E-state index is -3.31. The maximum Gasteiger partial charge on any atom is 0.225 e. The molecular weight excluding hydrogens is 328 g/mol. The van der Waals surface area contributed by atoms with E-state index >= 15 is 0 Å². The third-order valence-corrected chi connectivity index (χ3v) is 5.68. The van der Waals surface area contributed by atoms with Crippen molar-refractivity contribution in [1.82, 2.24) is 4.31 Å². The molecule has 0 saturated heterocycles. The summed E-state index contributed by atoms with van der Waals surface area (Å²) in [5.74, 6) is 0.371. The Hall–Kier alpha value is -1.60. The molecule has 7 heteroatoms. The summed E-state index contributed by atoms with van der Waals surface area (Å²) in [4.78, 5) is 12.3. The standard InChI is InChI=1S/C17H26N2O4S/c1-13-8-9-16(23-2)15(12-13)18-17(20)10-11-19(24(3,21)22)14-6-4-5-7-14/h8-9,12,14H,4-7,10-11H2,1-3H3,(H,18,20). The fourth-order valence-electron chi connectivity index (χ4n) is 3.16. The highest BCUT2D eigenvalue weighted by atomic mass is 32.2. The van der Waals surface area contributed by atoms with Gasteiger partial charge in [0.05, 0.1) is 19.1 Å². The van der Waals surface area contributed by atoms with E-state index in [1.807, 2.05) is 19.1 Å². The van der Waals surface area contributed by atoms with Crippen LogP contribution in [-0.4, -0.2) is 44.6 Å². The minimum absolute atomic E-state index is 0.0290. The van der Waals surface area contributed by atoms with Crippen LogP contribution in [0.2, 0.25) is 0 Å². The van der Waals surface area contributed by atoms with Gasteiger partial charge in [-0.15, -0.1) is 0 Å². The highest BCUT2D eigenvalue weighted by molar-refractivity contribution is 7.88. The lowest BCUT2D eigenvalue weighted by molar-refractivity contribution is -0.116. The molecule has 0 unspecified atom stereocenters. The molecule has 0 bridgehead atoms. The van der Waals surface area contributed by atoms with Crippen molar-refractivity contribution in [2.75, 3.05) is 25.2 Å². The van der Waals surface area contributed by atoms with E-state index in [4.69, 9.17) is 4.74 Å². The van der Waals surface area contributed by atoms with E-state index in [0.29, 0.717) is 11.4 Å². The molecular formula is C17H26N2O4S. The van der Waals surface area contributed by atoms with Gasteiger partial charge in [-0.3, -0.25) is 4.79 Å². The molecule has 0 aliphatic heterocycles. The van der Waals surface area contributed by atoms with Crippen LogP contribution in [0, 0.1) is 6.92 Å². The number of hydrogen-bond acceptors (Lipinski definition) is 4. The number of carbonyl (C=O) groups is 1. The number of nitrogens with zero attached hydrogens (tertiary/aromatic N) is 1. The summed E-state index contributed by atoms with van der Waals surface area (Å²) in [5, 5.41) is 2.81. The first-order valence-corrected chi connectivity index (χ1v) is 10.1. The monoisotopic (exact) mass is 354 g/mol. The van der Waals surface area contributed by atoms with Crippen molar-refractivity contribution in [3.05, 3.63) is 23.8 Å². The van der Waals surface area contributed by atoms with Crippen LogP contribution < -0.4 is 10.1 Å². The van der Waals surface area contributed by atoms with Crippen molar-refractivity contribution in [3.8, 4) is 5.75 Å². The van der Waals surface area contributed by atoms with E-state index in [9.17, 15) is 13.2 Å². The quantitative estimate of drug-likeness (QED) is 0.816. The molecule has 1 aromatic rings. The molecule has 0 aromatic heterocycles. The number of nitrogens with one attached hydrogen (secondary N) is 1. The fourth-order valence-corrected chi connectivity index (χ4v) is 4.33. The van der Waals surface area contributed by atoms with Crippen molar-refractivity contribution in [1.29, 1.82) is 0 Å². The van der Waals surface area contributed by atoms with Crippen molar-refractivity contribution >= 4 is 21.6 Å². The number of anilines is 1. The number of amides is 1. The topological polar surface area (TPSA) is 75.7 Å². The summed E-state index contributed by atoms with van der Waals surface area (Å²) in [6.07, 6.45) is 5.18. The summed E-state index contributed by atoms with van der Waals surface area (Å²) in [5.41, 5.74) is 1.61. The Morgan fingerprint density at radius 3 is 2.58 bits per heavy atom. The molecule has 1 aliphatic rings. The average Bonchev–Trinajstić information content (AvgIpc) is 3.00. The van der Waals surface area contributed by atoms with Gasteiger partial charge in [-0.05, 0) is 37.5 Å². The van der Waals surface area contributed by atoms with Gasteiger partial charge in [0.15, 0.2) is 0 Å². The second-order valence-corrected chi connectivity index (χ2v) is 8.25. The molecule has 1 fully saturated rings. The Morgan fingerprint density at radius 1 is 1.33 bits per heavy atom. The number of rotatable bonds is 7.